The van der Waals surface area contributed by atoms with Crippen molar-refractivity contribution in [1.29, 1.82) is 5.26 Å². The Morgan fingerprint density at radius 3 is 2.56 bits per heavy atom. The standard InChI is InChI=1S/C17H10F3N3O4/c18-17(19,20)12-2-1-3-13(8-12)22-16(25)11(9-21)6-10-7-14(24)4-5-15(10)23(26)27/h1-8,24H,(H,22,25)/b11-6-. The number of amides is 1. The first-order valence-corrected chi connectivity index (χ1v) is 7.19. The zero-order valence-electron chi connectivity index (χ0n) is 13.3. The van der Waals surface area contributed by atoms with Crippen LogP contribution in [0.3, 0.4) is 0 Å². The fourth-order valence-corrected chi connectivity index (χ4v) is 2.10. The van der Waals surface area contributed by atoms with Crippen LogP contribution in [-0.2, 0) is 11.0 Å². The fourth-order valence-electron chi connectivity index (χ4n) is 2.10. The van der Waals surface area contributed by atoms with Crippen LogP contribution in [0.15, 0.2) is 48.0 Å². The lowest BCUT2D eigenvalue weighted by molar-refractivity contribution is -0.385. The molecule has 2 N–H and O–H groups in total. The number of alkyl halides is 3. The predicted molar refractivity (Wildman–Crippen MR) is 88.4 cm³/mol. The lowest BCUT2D eigenvalue weighted by atomic mass is 10.1. The van der Waals surface area contributed by atoms with Crippen molar-refractivity contribution in [3.8, 4) is 11.8 Å². The van der Waals surface area contributed by atoms with Crippen LogP contribution in [0.25, 0.3) is 6.08 Å². The highest BCUT2D eigenvalue weighted by Gasteiger charge is 2.30. The Hall–Kier alpha value is -3.87. The van der Waals surface area contributed by atoms with Crippen molar-refractivity contribution in [2.45, 2.75) is 6.18 Å². The molecule has 7 nitrogen and oxygen atoms in total. The van der Waals surface area contributed by atoms with Gasteiger partial charge in [0.2, 0.25) is 0 Å². The summed E-state index contributed by atoms with van der Waals surface area (Å²) in [5, 5.41) is 31.7. The first-order chi connectivity index (χ1) is 12.6. The minimum atomic E-state index is -4.61. The van der Waals surface area contributed by atoms with E-state index in [1.807, 2.05) is 0 Å². The molecule has 0 atom stereocenters. The van der Waals surface area contributed by atoms with Gasteiger partial charge >= 0.3 is 6.18 Å². The average molecular weight is 377 g/mol. The summed E-state index contributed by atoms with van der Waals surface area (Å²) in [5.41, 5.74) is -2.47. The van der Waals surface area contributed by atoms with Crippen LogP contribution in [0.5, 0.6) is 5.75 Å². The number of rotatable bonds is 4. The van der Waals surface area contributed by atoms with Crippen molar-refractivity contribution in [3.05, 3.63) is 69.3 Å². The van der Waals surface area contributed by atoms with Crippen molar-refractivity contribution in [3.63, 3.8) is 0 Å². The van der Waals surface area contributed by atoms with Crippen LogP contribution in [0.4, 0.5) is 24.5 Å². The monoisotopic (exact) mass is 377 g/mol. The molecule has 27 heavy (non-hydrogen) atoms. The van der Waals surface area contributed by atoms with Crippen molar-refractivity contribution >= 4 is 23.4 Å². The molecule has 0 aliphatic carbocycles. The Balaban J connectivity index is 2.35. The Morgan fingerprint density at radius 1 is 1.26 bits per heavy atom. The minimum absolute atomic E-state index is 0.207. The molecule has 0 aliphatic rings. The number of nitriles is 1. The largest absolute Gasteiger partial charge is 0.508 e. The van der Waals surface area contributed by atoms with E-state index in [4.69, 9.17) is 5.26 Å². The number of nitro benzene ring substituents is 1. The average Bonchev–Trinajstić information content (AvgIpc) is 2.58. The van der Waals surface area contributed by atoms with Crippen LogP contribution in [0, 0.1) is 21.4 Å². The zero-order valence-corrected chi connectivity index (χ0v) is 13.3. The molecule has 1 amide bonds. The maximum Gasteiger partial charge on any atom is 0.416 e. The number of halogens is 3. The third-order valence-electron chi connectivity index (χ3n) is 3.32. The smallest absolute Gasteiger partial charge is 0.416 e. The van der Waals surface area contributed by atoms with Crippen molar-refractivity contribution in [1.82, 2.24) is 0 Å². The molecule has 0 radical (unpaired) electrons. The van der Waals surface area contributed by atoms with Gasteiger partial charge in [0.05, 0.1) is 16.1 Å². The Morgan fingerprint density at radius 2 is 1.96 bits per heavy atom. The van der Waals surface area contributed by atoms with Crippen LogP contribution in [-0.4, -0.2) is 15.9 Å². The van der Waals surface area contributed by atoms with Crippen LogP contribution >= 0.6 is 0 Å². The number of benzene rings is 2. The molecule has 2 aromatic carbocycles. The van der Waals surface area contributed by atoms with Gasteiger partial charge in [-0.05, 0) is 36.4 Å². The number of aromatic hydroxyl groups is 1. The molecule has 138 valence electrons. The van der Waals surface area contributed by atoms with E-state index in [9.17, 15) is 33.2 Å². The molecule has 2 aromatic rings. The highest BCUT2D eigenvalue weighted by molar-refractivity contribution is 6.10. The summed E-state index contributed by atoms with van der Waals surface area (Å²) in [6, 6.07) is 8.32. The summed E-state index contributed by atoms with van der Waals surface area (Å²) in [5.74, 6) is -1.39. The molecule has 10 heteroatoms. The minimum Gasteiger partial charge on any atom is -0.508 e. The van der Waals surface area contributed by atoms with E-state index in [0.717, 1.165) is 36.4 Å². The number of carbonyl (C=O) groups excluding carboxylic acids is 1. The normalized spacial score (nSPS) is 11.6. The lowest BCUT2D eigenvalue weighted by Crippen LogP contribution is -2.14. The summed E-state index contributed by atoms with van der Waals surface area (Å²) >= 11 is 0. The van der Waals surface area contributed by atoms with Crippen molar-refractivity contribution < 1.29 is 28.0 Å². The highest BCUT2D eigenvalue weighted by atomic mass is 19.4. The fraction of sp³-hybridized carbons (Fsp3) is 0.0588. The second kappa shape index (κ2) is 7.57. The Bertz CT molecular complexity index is 978. The third kappa shape index (κ3) is 4.82. The van der Waals surface area contributed by atoms with E-state index in [1.165, 1.54) is 12.1 Å². The van der Waals surface area contributed by atoms with Gasteiger partial charge in [-0.25, -0.2) is 0 Å². The maximum absolute atomic E-state index is 12.7. The molecular weight excluding hydrogens is 367 g/mol. The van der Waals surface area contributed by atoms with Gasteiger partial charge in [0, 0.05) is 11.8 Å². The number of hydrogen-bond acceptors (Lipinski definition) is 5. The molecule has 0 aromatic heterocycles. The number of anilines is 1. The van der Waals surface area contributed by atoms with E-state index in [-0.39, 0.29) is 17.0 Å². The van der Waals surface area contributed by atoms with E-state index < -0.39 is 33.8 Å². The summed E-state index contributed by atoms with van der Waals surface area (Å²) in [7, 11) is 0. The SMILES string of the molecule is N#C/C(=C/c1cc(O)ccc1[N+](=O)[O-])C(=O)Nc1cccc(C(F)(F)F)c1. The summed E-state index contributed by atoms with van der Waals surface area (Å²) in [6.45, 7) is 0. The number of carbonyl (C=O) groups is 1. The van der Waals surface area contributed by atoms with Crippen LogP contribution < -0.4 is 5.32 Å². The molecule has 0 spiro atoms. The van der Waals surface area contributed by atoms with Gasteiger partial charge in [-0.1, -0.05) is 6.07 Å². The van der Waals surface area contributed by atoms with Gasteiger partial charge in [0.25, 0.3) is 11.6 Å². The number of nitrogens with one attached hydrogen (secondary N) is 1. The van der Waals surface area contributed by atoms with Gasteiger partial charge in [-0.15, -0.1) is 0 Å². The molecule has 0 heterocycles. The topological polar surface area (TPSA) is 116 Å². The quantitative estimate of drug-likeness (QED) is 0.363. The van der Waals surface area contributed by atoms with Gasteiger partial charge in [-0.2, -0.15) is 18.4 Å². The molecule has 0 bridgehead atoms. The second-order valence-corrected chi connectivity index (χ2v) is 5.20. The third-order valence-corrected chi connectivity index (χ3v) is 3.32. The van der Waals surface area contributed by atoms with E-state index >= 15 is 0 Å². The molecule has 2 rings (SSSR count). The van der Waals surface area contributed by atoms with E-state index in [0.29, 0.717) is 6.07 Å². The molecule has 0 saturated heterocycles. The van der Waals surface area contributed by atoms with Gasteiger partial charge in [0.1, 0.15) is 17.4 Å². The molecule has 0 fully saturated rings. The van der Waals surface area contributed by atoms with Crippen LogP contribution in [0.2, 0.25) is 0 Å². The first kappa shape index (κ1) is 19.5. The number of phenolic OH excluding ortho intramolecular Hbond substituents is 1. The maximum atomic E-state index is 12.7. The number of nitro groups is 1. The summed E-state index contributed by atoms with van der Waals surface area (Å²) < 4.78 is 38.1. The Labute approximate surface area is 150 Å². The molecule has 0 unspecified atom stereocenters. The van der Waals surface area contributed by atoms with Crippen molar-refractivity contribution in [2.75, 3.05) is 5.32 Å². The second-order valence-electron chi connectivity index (χ2n) is 5.20. The summed E-state index contributed by atoms with van der Waals surface area (Å²) in [6.07, 6.45) is -3.75. The summed E-state index contributed by atoms with van der Waals surface area (Å²) in [4.78, 5) is 22.4. The first-order valence-electron chi connectivity index (χ1n) is 7.19. The molecule has 0 saturated carbocycles. The number of phenols is 1. The van der Waals surface area contributed by atoms with Crippen LogP contribution in [0.1, 0.15) is 11.1 Å². The number of nitrogens with zero attached hydrogens (tertiary/aromatic N) is 2. The van der Waals surface area contributed by atoms with Gasteiger partial charge in [-0.3, -0.25) is 14.9 Å². The van der Waals surface area contributed by atoms with E-state index in [1.54, 1.807) is 0 Å². The molecule has 0 aliphatic heterocycles. The number of hydrogen-bond donors (Lipinski definition) is 2. The zero-order chi connectivity index (χ0) is 20.2. The molecular formula is C17H10F3N3O4. The van der Waals surface area contributed by atoms with Gasteiger partial charge < -0.3 is 10.4 Å². The van der Waals surface area contributed by atoms with E-state index in [2.05, 4.69) is 5.32 Å². The lowest BCUT2D eigenvalue weighted by Gasteiger charge is -2.09. The predicted octanol–water partition coefficient (Wildman–Crippen LogP) is 3.86. The van der Waals surface area contributed by atoms with Gasteiger partial charge in [0.15, 0.2) is 0 Å². The Kier molecular flexibility index (Phi) is 5.45. The highest BCUT2D eigenvalue weighted by Crippen LogP contribution is 2.31. The van der Waals surface area contributed by atoms with Crippen molar-refractivity contribution in [2.24, 2.45) is 0 Å².